The second kappa shape index (κ2) is 6.76. The van der Waals surface area contributed by atoms with Crippen LogP contribution in [-0.2, 0) is 16.6 Å². The fourth-order valence-electron chi connectivity index (χ4n) is 1.83. The maximum atomic E-state index is 12.7. The molecule has 1 aromatic carbocycles. The fraction of sp³-hybridized carbons (Fsp3) is 0.214. The summed E-state index contributed by atoms with van der Waals surface area (Å²) in [5.74, 6) is 0.503. The number of hydrogen-bond acceptors (Lipinski definition) is 4. The number of furan rings is 1. The summed E-state index contributed by atoms with van der Waals surface area (Å²) in [4.78, 5) is 0.0242. The van der Waals surface area contributed by atoms with Gasteiger partial charge in [0.05, 0.1) is 23.9 Å². The van der Waals surface area contributed by atoms with Gasteiger partial charge in [0.2, 0.25) is 10.0 Å². The third-order valence-corrected chi connectivity index (χ3v) is 5.18. The van der Waals surface area contributed by atoms with E-state index < -0.39 is 10.0 Å². The van der Waals surface area contributed by atoms with Gasteiger partial charge in [0.15, 0.2) is 0 Å². The summed E-state index contributed by atoms with van der Waals surface area (Å²) in [5, 5.41) is 8.86. The topological polar surface area (TPSA) is 74.3 Å². The zero-order valence-corrected chi connectivity index (χ0v) is 12.6. The van der Waals surface area contributed by atoms with Crippen LogP contribution in [0.25, 0.3) is 0 Å². The van der Waals surface area contributed by atoms with E-state index in [0.717, 1.165) is 0 Å². The molecule has 0 saturated heterocycles. The van der Waals surface area contributed by atoms with Crippen molar-refractivity contribution in [3.8, 4) is 6.07 Å². The van der Waals surface area contributed by atoms with Crippen molar-refractivity contribution in [3.63, 3.8) is 0 Å². The molecule has 0 N–H and O–H groups in total. The van der Waals surface area contributed by atoms with Gasteiger partial charge in [-0.25, -0.2) is 8.42 Å². The second-order valence-corrected chi connectivity index (χ2v) is 6.57. The van der Waals surface area contributed by atoms with E-state index in [1.54, 1.807) is 24.3 Å². The average molecular weight is 325 g/mol. The lowest BCUT2D eigenvalue weighted by Crippen LogP contribution is -2.31. The number of benzene rings is 1. The van der Waals surface area contributed by atoms with Gasteiger partial charge in [0.25, 0.3) is 0 Å². The molecule has 1 aromatic heterocycles. The van der Waals surface area contributed by atoms with Crippen molar-refractivity contribution in [2.75, 3.05) is 6.54 Å². The van der Waals surface area contributed by atoms with Gasteiger partial charge in [0.1, 0.15) is 10.7 Å². The van der Waals surface area contributed by atoms with Crippen LogP contribution in [-0.4, -0.2) is 19.3 Å². The SMILES string of the molecule is N#CCCN(Cc1ccco1)S(=O)(=O)c1ccccc1Cl. The van der Waals surface area contributed by atoms with Crippen molar-refractivity contribution in [1.29, 1.82) is 5.26 Å². The summed E-state index contributed by atoms with van der Waals surface area (Å²) in [5.41, 5.74) is 0. The van der Waals surface area contributed by atoms with Crippen LogP contribution in [0.2, 0.25) is 5.02 Å². The molecule has 0 aliphatic carbocycles. The highest BCUT2D eigenvalue weighted by atomic mass is 35.5. The first kappa shape index (κ1) is 15.6. The van der Waals surface area contributed by atoms with Crippen molar-refractivity contribution >= 4 is 21.6 Å². The van der Waals surface area contributed by atoms with Crippen LogP contribution < -0.4 is 0 Å². The fourth-order valence-corrected chi connectivity index (χ4v) is 3.73. The highest BCUT2D eigenvalue weighted by molar-refractivity contribution is 7.89. The molecular formula is C14H13ClN2O3S. The molecule has 0 unspecified atom stereocenters. The predicted octanol–water partition coefficient (Wildman–Crippen LogP) is 3.04. The van der Waals surface area contributed by atoms with Crippen LogP contribution >= 0.6 is 11.6 Å². The highest BCUT2D eigenvalue weighted by Crippen LogP contribution is 2.25. The Bertz CT molecular complexity index is 736. The molecular weight excluding hydrogens is 312 g/mol. The molecule has 0 aliphatic rings. The molecule has 5 nitrogen and oxygen atoms in total. The zero-order valence-electron chi connectivity index (χ0n) is 11.1. The van der Waals surface area contributed by atoms with Crippen LogP contribution in [0.1, 0.15) is 12.2 Å². The van der Waals surface area contributed by atoms with Gasteiger partial charge < -0.3 is 4.42 Å². The lowest BCUT2D eigenvalue weighted by atomic mass is 10.4. The molecule has 21 heavy (non-hydrogen) atoms. The Hall–Kier alpha value is -1.81. The number of sulfonamides is 1. The molecule has 0 atom stereocenters. The van der Waals surface area contributed by atoms with Crippen LogP contribution in [0.5, 0.6) is 0 Å². The molecule has 1 heterocycles. The first-order chi connectivity index (χ1) is 10.1. The minimum absolute atomic E-state index is 0.0242. The number of rotatable bonds is 6. The van der Waals surface area contributed by atoms with Gasteiger partial charge in [-0.2, -0.15) is 9.57 Å². The monoisotopic (exact) mass is 324 g/mol. The third-order valence-electron chi connectivity index (χ3n) is 2.84. The number of nitrogens with zero attached hydrogens (tertiary/aromatic N) is 2. The molecule has 7 heteroatoms. The molecule has 0 saturated carbocycles. The summed E-state index contributed by atoms with van der Waals surface area (Å²) in [6, 6.07) is 11.5. The summed E-state index contributed by atoms with van der Waals surface area (Å²) in [7, 11) is -3.79. The normalized spacial score (nSPS) is 11.5. The van der Waals surface area contributed by atoms with Crippen LogP contribution in [0.4, 0.5) is 0 Å². The molecule has 0 radical (unpaired) electrons. The Morgan fingerprint density at radius 1 is 1.24 bits per heavy atom. The van der Waals surface area contributed by atoms with E-state index in [9.17, 15) is 8.42 Å². The molecule has 0 spiro atoms. The molecule has 0 aliphatic heterocycles. The maximum absolute atomic E-state index is 12.7. The van der Waals surface area contributed by atoms with E-state index >= 15 is 0 Å². The largest absolute Gasteiger partial charge is 0.468 e. The quantitative estimate of drug-likeness (QED) is 0.818. The third kappa shape index (κ3) is 3.64. The lowest BCUT2D eigenvalue weighted by molar-refractivity contribution is 0.368. The number of nitriles is 1. The van der Waals surface area contributed by atoms with Gasteiger partial charge in [-0.3, -0.25) is 0 Å². The average Bonchev–Trinajstić information content (AvgIpc) is 2.96. The highest BCUT2D eigenvalue weighted by Gasteiger charge is 2.27. The predicted molar refractivity (Wildman–Crippen MR) is 78.0 cm³/mol. The standard InChI is InChI=1S/C14H13ClN2O3S/c15-13-6-1-2-7-14(13)21(18,19)17(9-4-8-16)11-12-5-3-10-20-12/h1-3,5-7,10H,4,9,11H2. The van der Waals surface area contributed by atoms with E-state index in [0.29, 0.717) is 5.76 Å². The first-order valence-corrected chi connectivity index (χ1v) is 8.01. The van der Waals surface area contributed by atoms with Crippen molar-refractivity contribution in [2.45, 2.75) is 17.9 Å². The smallest absolute Gasteiger partial charge is 0.244 e. The van der Waals surface area contributed by atoms with Crippen LogP contribution in [0.15, 0.2) is 52.0 Å². The molecule has 0 bridgehead atoms. The molecule has 0 amide bonds. The first-order valence-electron chi connectivity index (χ1n) is 6.19. The van der Waals surface area contributed by atoms with Crippen molar-refractivity contribution in [3.05, 3.63) is 53.4 Å². The Balaban J connectivity index is 2.35. The van der Waals surface area contributed by atoms with Crippen LogP contribution in [0, 0.1) is 11.3 Å². The van der Waals surface area contributed by atoms with Gasteiger partial charge in [0, 0.05) is 13.0 Å². The molecule has 2 aromatic rings. The molecule has 2 rings (SSSR count). The van der Waals surface area contributed by atoms with E-state index in [-0.39, 0.29) is 29.4 Å². The van der Waals surface area contributed by atoms with Gasteiger partial charge in [-0.05, 0) is 24.3 Å². The lowest BCUT2D eigenvalue weighted by Gasteiger charge is -2.20. The van der Waals surface area contributed by atoms with E-state index in [1.165, 1.54) is 22.7 Å². The second-order valence-electron chi connectivity index (χ2n) is 4.26. The van der Waals surface area contributed by atoms with Gasteiger partial charge >= 0.3 is 0 Å². The van der Waals surface area contributed by atoms with Gasteiger partial charge in [-0.15, -0.1) is 0 Å². The Labute approximate surface area is 128 Å². The zero-order chi connectivity index (χ0) is 15.3. The van der Waals surface area contributed by atoms with Crippen molar-refractivity contribution < 1.29 is 12.8 Å². The Morgan fingerprint density at radius 3 is 2.62 bits per heavy atom. The minimum atomic E-state index is -3.79. The molecule has 0 fully saturated rings. The van der Waals surface area contributed by atoms with Crippen LogP contribution in [0.3, 0.4) is 0 Å². The number of hydrogen-bond donors (Lipinski definition) is 0. The Kier molecular flexibility index (Phi) is 5.02. The summed E-state index contributed by atoms with van der Waals surface area (Å²) >= 11 is 5.97. The summed E-state index contributed by atoms with van der Waals surface area (Å²) in [6.45, 7) is 0.132. The van der Waals surface area contributed by atoms with Crippen molar-refractivity contribution in [2.24, 2.45) is 0 Å². The minimum Gasteiger partial charge on any atom is -0.468 e. The van der Waals surface area contributed by atoms with E-state index in [2.05, 4.69) is 0 Å². The van der Waals surface area contributed by atoms with Gasteiger partial charge in [-0.1, -0.05) is 23.7 Å². The van der Waals surface area contributed by atoms with Crippen molar-refractivity contribution in [1.82, 2.24) is 4.31 Å². The summed E-state index contributed by atoms with van der Waals surface area (Å²) in [6.07, 6.45) is 1.56. The maximum Gasteiger partial charge on any atom is 0.244 e. The van der Waals surface area contributed by atoms with E-state index in [1.807, 2.05) is 6.07 Å². The number of halogens is 1. The Morgan fingerprint density at radius 2 is 2.00 bits per heavy atom. The molecule has 110 valence electrons. The summed E-state index contributed by atoms with van der Waals surface area (Å²) < 4.78 is 31.7. The van der Waals surface area contributed by atoms with E-state index in [4.69, 9.17) is 21.3 Å².